The molecule has 6 N–H and O–H groups in total. The summed E-state index contributed by atoms with van der Waals surface area (Å²) in [6.07, 6.45) is 0. The number of benzene rings is 8. The number of phenols is 6. The Kier molecular flexibility index (Phi) is 11.2. The summed E-state index contributed by atoms with van der Waals surface area (Å²) >= 11 is 0. The fourth-order valence-corrected chi connectivity index (χ4v) is 10.8. The molecule has 8 aromatic carbocycles. The van der Waals surface area contributed by atoms with Gasteiger partial charge >= 0.3 is 0 Å². The summed E-state index contributed by atoms with van der Waals surface area (Å²) < 4.78 is 0. The van der Waals surface area contributed by atoms with Crippen molar-refractivity contribution in [1.29, 1.82) is 0 Å². The number of hydrogen-bond acceptors (Lipinski definition) is 6. The van der Waals surface area contributed by atoms with E-state index in [4.69, 9.17) is 0 Å². The molecule has 332 valence electrons. The third-order valence-corrected chi connectivity index (χ3v) is 13.9. The number of hydrogen-bond donors (Lipinski definition) is 6. The number of fused-ring (bicyclic) bond motifs is 8. The van der Waals surface area contributed by atoms with Crippen molar-refractivity contribution in [3.8, 4) is 34.5 Å². The topological polar surface area (TPSA) is 121 Å². The molecule has 0 radical (unpaired) electrons. The third kappa shape index (κ3) is 7.70. The molecule has 8 bridgehead atoms. The van der Waals surface area contributed by atoms with Crippen molar-refractivity contribution in [2.75, 3.05) is 0 Å². The second-order valence-corrected chi connectivity index (χ2v) is 18.7. The molecule has 6 heteroatoms. The number of rotatable bonds is 4. The Labute approximate surface area is 387 Å². The van der Waals surface area contributed by atoms with Gasteiger partial charge in [0, 0.05) is 69.2 Å². The maximum Gasteiger partial charge on any atom is 0.123 e. The molecule has 4 unspecified atom stereocenters. The summed E-state index contributed by atoms with van der Waals surface area (Å²) in [5.74, 6) is -3.18. The smallest absolute Gasteiger partial charge is 0.123 e. The lowest BCUT2D eigenvalue weighted by Gasteiger charge is -2.30. The highest BCUT2D eigenvalue weighted by Crippen LogP contribution is 2.52. The van der Waals surface area contributed by atoms with E-state index in [1.165, 1.54) is 12.1 Å². The quantitative estimate of drug-likeness (QED) is 0.105. The van der Waals surface area contributed by atoms with Crippen LogP contribution >= 0.6 is 0 Å². The van der Waals surface area contributed by atoms with E-state index in [-0.39, 0.29) is 34.5 Å². The molecule has 8 aromatic rings. The van der Waals surface area contributed by atoms with Gasteiger partial charge in [-0.05, 0) is 135 Å². The van der Waals surface area contributed by atoms with E-state index in [0.717, 1.165) is 77.9 Å². The molecule has 0 saturated carbocycles. The molecule has 0 saturated heterocycles. The average Bonchev–Trinajstić information content (AvgIpc) is 3.25. The molecule has 0 amide bonds. The molecule has 0 spiro atoms. The Bertz CT molecular complexity index is 3020. The molecule has 1 aliphatic rings. The van der Waals surface area contributed by atoms with E-state index in [9.17, 15) is 30.6 Å². The first-order valence-electron chi connectivity index (χ1n) is 22.5. The molecule has 0 aliphatic heterocycles. The van der Waals surface area contributed by atoms with Gasteiger partial charge in [0.05, 0.1) is 0 Å². The van der Waals surface area contributed by atoms with Crippen molar-refractivity contribution in [3.05, 3.63) is 245 Å². The maximum absolute atomic E-state index is 12.2. The van der Waals surface area contributed by atoms with Crippen molar-refractivity contribution in [3.63, 3.8) is 0 Å². The molecule has 0 fully saturated rings. The highest BCUT2D eigenvalue weighted by Gasteiger charge is 2.34. The number of aryl methyl sites for hydroxylation is 8. The van der Waals surface area contributed by atoms with E-state index in [1.807, 2.05) is 128 Å². The zero-order chi connectivity index (χ0) is 46.9. The van der Waals surface area contributed by atoms with E-state index in [1.54, 1.807) is 12.1 Å². The predicted octanol–water partition coefficient (Wildman–Crippen LogP) is 13.4. The van der Waals surface area contributed by atoms with E-state index < -0.39 is 23.7 Å². The first-order chi connectivity index (χ1) is 31.5. The normalized spacial score (nSPS) is 16.8. The van der Waals surface area contributed by atoms with Crippen LogP contribution in [0.4, 0.5) is 0 Å². The first kappa shape index (κ1) is 43.8. The lowest BCUT2D eigenvalue weighted by atomic mass is 9.74. The highest BCUT2D eigenvalue weighted by atomic mass is 16.3. The van der Waals surface area contributed by atoms with Gasteiger partial charge in [-0.15, -0.1) is 0 Å². The Morgan fingerprint density at radius 2 is 0.485 bits per heavy atom. The highest BCUT2D eigenvalue weighted by molar-refractivity contribution is 5.66. The zero-order valence-corrected chi connectivity index (χ0v) is 38.7. The Morgan fingerprint density at radius 1 is 0.227 bits per heavy atom. The zero-order valence-electron chi connectivity index (χ0n) is 38.7. The minimum atomic E-state index is -0.731. The molecule has 1 aliphatic carbocycles. The molecule has 0 aromatic heterocycles. The van der Waals surface area contributed by atoms with Crippen LogP contribution < -0.4 is 0 Å². The van der Waals surface area contributed by atoms with Gasteiger partial charge in [-0.1, -0.05) is 119 Å². The van der Waals surface area contributed by atoms with Crippen LogP contribution in [0.25, 0.3) is 0 Å². The maximum atomic E-state index is 12.2. The van der Waals surface area contributed by atoms with Crippen LogP contribution in [0.5, 0.6) is 34.5 Å². The van der Waals surface area contributed by atoms with Crippen LogP contribution in [-0.2, 0) is 0 Å². The molecular formula is C60H56O6. The summed E-state index contributed by atoms with van der Waals surface area (Å²) in [6.45, 7) is 16.3. The summed E-state index contributed by atoms with van der Waals surface area (Å²) in [5, 5.41) is 73.1. The van der Waals surface area contributed by atoms with E-state index >= 15 is 0 Å². The van der Waals surface area contributed by atoms with Gasteiger partial charge in [0.15, 0.2) is 0 Å². The van der Waals surface area contributed by atoms with Gasteiger partial charge in [-0.2, -0.15) is 0 Å². The second kappa shape index (κ2) is 16.8. The van der Waals surface area contributed by atoms with Crippen molar-refractivity contribution in [2.45, 2.75) is 79.1 Å². The predicted molar refractivity (Wildman–Crippen MR) is 263 cm³/mol. The first-order valence-corrected chi connectivity index (χ1v) is 22.5. The van der Waals surface area contributed by atoms with Crippen LogP contribution in [-0.4, -0.2) is 30.6 Å². The standard InChI is InChI=1S/C60H56O6/c1-31-9-15-41(35(5)21-31)57-39-13-19-51(61)45(25-39)59(43-17-11-33(3)23-37(43)7)50-28-48(54(64)30-56(50)66)58(42-16-10-32(2)22-36(42)6)40-14-20-52(62)46(26-40)60(44-18-12-34(4)24-38(44)8)49-27-47(57)53(63)29-55(49)65/h9-30,57-66H,1-8H3. The average molecular weight is 873 g/mol. The van der Waals surface area contributed by atoms with Gasteiger partial charge in [-0.25, -0.2) is 0 Å². The van der Waals surface area contributed by atoms with E-state index in [2.05, 4.69) is 36.4 Å². The minimum Gasteiger partial charge on any atom is -0.508 e. The summed E-state index contributed by atoms with van der Waals surface area (Å²) in [5.41, 5.74) is 16.2. The van der Waals surface area contributed by atoms with Crippen LogP contribution in [0.15, 0.2) is 133 Å². The summed E-state index contributed by atoms with van der Waals surface area (Å²) in [4.78, 5) is 0. The van der Waals surface area contributed by atoms with Crippen LogP contribution in [0.1, 0.15) is 135 Å². The molecular weight excluding hydrogens is 817 g/mol. The van der Waals surface area contributed by atoms with Crippen molar-refractivity contribution >= 4 is 0 Å². The van der Waals surface area contributed by atoms with Gasteiger partial charge in [0.1, 0.15) is 34.5 Å². The molecule has 66 heavy (non-hydrogen) atoms. The number of phenolic OH excluding ortho intramolecular Hbond substituents is 6. The van der Waals surface area contributed by atoms with Gasteiger partial charge in [0.25, 0.3) is 0 Å². The second-order valence-electron chi connectivity index (χ2n) is 18.7. The Morgan fingerprint density at radius 3 is 0.773 bits per heavy atom. The summed E-state index contributed by atoms with van der Waals surface area (Å²) in [7, 11) is 0. The van der Waals surface area contributed by atoms with Gasteiger partial charge < -0.3 is 30.6 Å². The molecule has 6 nitrogen and oxygen atoms in total. The lowest BCUT2D eigenvalue weighted by molar-refractivity contribution is 0.438. The third-order valence-electron chi connectivity index (χ3n) is 13.9. The van der Waals surface area contributed by atoms with Gasteiger partial charge in [-0.3, -0.25) is 0 Å². The Hall–Kier alpha value is -7.44. The molecule has 4 atom stereocenters. The van der Waals surface area contributed by atoms with Crippen LogP contribution in [0.2, 0.25) is 0 Å². The molecule has 9 rings (SSSR count). The van der Waals surface area contributed by atoms with Crippen LogP contribution in [0.3, 0.4) is 0 Å². The van der Waals surface area contributed by atoms with Crippen molar-refractivity contribution < 1.29 is 30.6 Å². The minimum absolute atomic E-state index is 0.0119. The lowest BCUT2D eigenvalue weighted by Crippen LogP contribution is -2.14. The number of aromatic hydroxyl groups is 6. The molecule has 0 heterocycles. The largest absolute Gasteiger partial charge is 0.508 e. The van der Waals surface area contributed by atoms with Crippen LogP contribution in [0, 0.1) is 55.4 Å². The van der Waals surface area contributed by atoms with Crippen molar-refractivity contribution in [1.82, 2.24) is 0 Å². The SMILES string of the molecule is Cc1ccc(C2c3ccc(O)c(c3)C(c3ccc(C)cc3C)c3cc(c(O)cc3O)C(c3ccc(C)cc3C)c3ccc(O)c(c3)C(c3ccc(C)cc3C)c3cc2c(O)cc3O)c(C)c1. The van der Waals surface area contributed by atoms with Gasteiger partial charge in [0.2, 0.25) is 0 Å². The van der Waals surface area contributed by atoms with Crippen molar-refractivity contribution in [2.24, 2.45) is 0 Å². The fourth-order valence-electron chi connectivity index (χ4n) is 10.8. The summed E-state index contributed by atoms with van der Waals surface area (Å²) in [6, 6.07) is 42.3. The monoisotopic (exact) mass is 872 g/mol. The fraction of sp³-hybridized carbons (Fsp3) is 0.200. The van der Waals surface area contributed by atoms with E-state index in [0.29, 0.717) is 33.4 Å². The Balaban J connectivity index is 1.48.